The molecule has 0 radical (unpaired) electrons. The number of nitrogens with two attached hydrogens (primary N) is 1. The van der Waals surface area contributed by atoms with Crippen molar-refractivity contribution in [1.29, 1.82) is 0 Å². The molecule has 1 aromatic carbocycles. The van der Waals surface area contributed by atoms with Crippen LogP contribution in [0.15, 0.2) is 24.3 Å². The topological polar surface area (TPSA) is 72.5 Å². The highest BCUT2D eigenvalue weighted by atomic mass is 16.5. The Morgan fingerprint density at radius 2 is 2.06 bits per heavy atom. The van der Waals surface area contributed by atoms with Gasteiger partial charge in [-0.3, -0.25) is 4.79 Å². The quantitative estimate of drug-likeness (QED) is 0.806. The van der Waals surface area contributed by atoms with Gasteiger partial charge < -0.3 is 15.6 Å². The van der Waals surface area contributed by atoms with E-state index in [4.69, 9.17) is 10.5 Å². The normalized spacial score (nSPS) is 18.1. The summed E-state index contributed by atoms with van der Waals surface area (Å²) in [6.07, 6.45) is 2.72. The van der Waals surface area contributed by atoms with E-state index < -0.39 is 11.5 Å². The molecule has 0 spiro atoms. The fraction of sp³-hybridized carbons (Fsp3) is 0.500. The van der Waals surface area contributed by atoms with E-state index in [1.54, 1.807) is 0 Å². The summed E-state index contributed by atoms with van der Waals surface area (Å²) in [5, 5.41) is 9.20. The number of hydrogen-bond acceptors (Lipinski definition) is 3. The highest BCUT2D eigenvalue weighted by Gasteiger charge is 2.49. The molecule has 1 atom stereocenters. The molecule has 1 aliphatic carbocycles. The summed E-state index contributed by atoms with van der Waals surface area (Å²) in [5.74, 6) is -0.260. The number of rotatable bonds is 6. The smallest absolute Gasteiger partial charge is 0.327 e. The minimum Gasteiger partial charge on any atom is -0.491 e. The van der Waals surface area contributed by atoms with Crippen molar-refractivity contribution in [3.8, 4) is 5.75 Å². The molecule has 1 aromatic rings. The Hall–Kier alpha value is -1.55. The highest BCUT2D eigenvalue weighted by Crippen LogP contribution is 2.38. The molecule has 98 valence electrons. The predicted octanol–water partition coefficient (Wildman–Crippen LogP) is 1.82. The summed E-state index contributed by atoms with van der Waals surface area (Å²) in [7, 11) is 0. The molecule has 18 heavy (non-hydrogen) atoms. The van der Waals surface area contributed by atoms with Gasteiger partial charge in [-0.15, -0.1) is 0 Å². The fourth-order valence-electron chi connectivity index (χ4n) is 1.98. The van der Waals surface area contributed by atoms with Crippen molar-refractivity contribution in [2.45, 2.75) is 31.7 Å². The minimum absolute atomic E-state index is 0.0263. The van der Waals surface area contributed by atoms with Crippen LogP contribution in [0.5, 0.6) is 5.75 Å². The maximum absolute atomic E-state index is 11.2. The largest absolute Gasteiger partial charge is 0.491 e. The maximum Gasteiger partial charge on any atom is 0.327 e. The first-order valence-corrected chi connectivity index (χ1v) is 6.30. The molecular weight excluding hydrogens is 230 g/mol. The van der Waals surface area contributed by atoms with Gasteiger partial charge in [-0.2, -0.15) is 0 Å². The van der Waals surface area contributed by atoms with Crippen LogP contribution in [0, 0.1) is 5.92 Å². The second-order valence-corrected chi connectivity index (χ2v) is 4.91. The molecule has 0 aliphatic heterocycles. The Morgan fingerprint density at radius 1 is 1.44 bits per heavy atom. The molecule has 1 saturated carbocycles. The van der Waals surface area contributed by atoms with E-state index in [0.717, 1.165) is 19.3 Å². The predicted molar refractivity (Wildman–Crippen MR) is 68.6 cm³/mol. The number of benzene rings is 1. The van der Waals surface area contributed by atoms with Gasteiger partial charge in [-0.1, -0.05) is 19.1 Å². The van der Waals surface area contributed by atoms with Crippen LogP contribution in [0.2, 0.25) is 0 Å². The van der Waals surface area contributed by atoms with Crippen LogP contribution in [-0.4, -0.2) is 23.2 Å². The van der Waals surface area contributed by atoms with Crippen molar-refractivity contribution in [2.24, 2.45) is 11.7 Å². The number of hydrogen-bond donors (Lipinski definition) is 2. The summed E-state index contributed by atoms with van der Waals surface area (Å²) in [4.78, 5) is 11.2. The molecule has 4 nitrogen and oxygen atoms in total. The van der Waals surface area contributed by atoms with Gasteiger partial charge in [0.1, 0.15) is 12.4 Å². The molecule has 1 aliphatic rings. The summed E-state index contributed by atoms with van der Waals surface area (Å²) in [6, 6.07) is 7.67. The second kappa shape index (κ2) is 4.98. The van der Waals surface area contributed by atoms with E-state index in [-0.39, 0.29) is 12.5 Å². The van der Waals surface area contributed by atoms with Crippen molar-refractivity contribution < 1.29 is 14.6 Å². The van der Waals surface area contributed by atoms with Crippen LogP contribution >= 0.6 is 0 Å². The summed E-state index contributed by atoms with van der Waals surface area (Å²) >= 11 is 0. The number of ether oxygens (including phenoxy) is 1. The molecule has 0 bridgehead atoms. The molecule has 1 unspecified atom stereocenters. The zero-order valence-electron chi connectivity index (χ0n) is 10.6. The van der Waals surface area contributed by atoms with Crippen molar-refractivity contribution >= 4 is 5.97 Å². The lowest BCUT2D eigenvalue weighted by molar-refractivity contribution is -0.145. The average molecular weight is 249 g/mol. The lowest BCUT2D eigenvalue weighted by atomic mass is 9.96. The lowest BCUT2D eigenvalue weighted by Crippen LogP contribution is -2.54. The molecule has 1 fully saturated rings. The zero-order chi connectivity index (χ0) is 13.2. The van der Waals surface area contributed by atoms with E-state index in [2.05, 4.69) is 6.92 Å². The van der Waals surface area contributed by atoms with E-state index in [1.807, 2.05) is 24.3 Å². The number of carbonyl (C=O) groups is 1. The third kappa shape index (κ3) is 2.64. The second-order valence-electron chi connectivity index (χ2n) is 4.91. The Balaban J connectivity index is 1.98. The van der Waals surface area contributed by atoms with Crippen LogP contribution < -0.4 is 10.5 Å². The van der Waals surface area contributed by atoms with Crippen molar-refractivity contribution in [1.82, 2.24) is 0 Å². The maximum atomic E-state index is 11.2. The van der Waals surface area contributed by atoms with Gasteiger partial charge in [0, 0.05) is 0 Å². The molecule has 0 amide bonds. The number of aliphatic carboxylic acids is 1. The van der Waals surface area contributed by atoms with Crippen LogP contribution in [0.3, 0.4) is 0 Å². The Bertz CT molecular complexity index is 425. The van der Waals surface area contributed by atoms with Gasteiger partial charge in [-0.25, -0.2) is 0 Å². The van der Waals surface area contributed by atoms with E-state index >= 15 is 0 Å². The van der Waals surface area contributed by atoms with E-state index in [1.165, 1.54) is 5.56 Å². The molecule has 0 saturated heterocycles. The summed E-state index contributed by atoms with van der Waals surface area (Å²) < 4.78 is 5.53. The fourth-order valence-corrected chi connectivity index (χ4v) is 1.98. The molecular formula is C14H19NO3. The third-order valence-corrected chi connectivity index (χ3v) is 3.51. The average Bonchev–Trinajstić information content (AvgIpc) is 3.21. The van der Waals surface area contributed by atoms with Gasteiger partial charge in [0.05, 0.1) is 0 Å². The van der Waals surface area contributed by atoms with Crippen LogP contribution in [0.25, 0.3) is 0 Å². The Morgan fingerprint density at radius 3 is 2.50 bits per heavy atom. The van der Waals surface area contributed by atoms with Gasteiger partial charge >= 0.3 is 5.97 Å². The monoisotopic (exact) mass is 249 g/mol. The Labute approximate surface area is 107 Å². The van der Waals surface area contributed by atoms with Crippen LogP contribution in [0.4, 0.5) is 0 Å². The SMILES string of the molecule is CCc1ccc(OCC(N)(C(=O)O)C2CC2)cc1. The van der Waals surface area contributed by atoms with Crippen LogP contribution in [0.1, 0.15) is 25.3 Å². The van der Waals surface area contributed by atoms with Crippen molar-refractivity contribution in [3.63, 3.8) is 0 Å². The van der Waals surface area contributed by atoms with Gasteiger partial charge in [0.2, 0.25) is 0 Å². The first kappa shape index (κ1) is 12.9. The van der Waals surface area contributed by atoms with Gasteiger partial charge in [0.25, 0.3) is 0 Å². The highest BCUT2D eigenvalue weighted by molar-refractivity contribution is 5.79. The first-order valence-electron chi connectivity index (χ1n) is 6.30. The summed E-state index contributed by atoms with van der Waals surface area (Å²) in [5.41, 5.74) is 5.90. The van der Waals surface area contributed by atoms with Gasteiger partial charge in [0.15, 0.2) is 5.54 Å². The zero-order valence-corrected chi connectivity index (χ0v) is 10.6. The van der Waals surface area contributed by atoms with E-state index in [9.17, 15) is 9.90 Å². The number of aryl methyl sites for hydroxylation is 1. The standard InChI is InChI=1S/C14H19NO3/c1-2-10-3-7-12(8-4-10)18-9-14(15,13(16)17)11-5-6-11/h3-4,7-8,11H,2,5-6,9,15H2,1H3,(H,16,17). The van der Waals surface area contributed by atoms with E-state index in [0.29, 0.717) is 5.75 Å². The third-order valence-electron chi connectivity index (χ3n) is 3.51. The minimum atomic E-state index is -1.25. The van der Waals surface area contributed by atoms with Crippen molar-refractivity contribution in [3.05, 3.63) is 29.8 Å². The first-order chi connectivity index (χ1) is 8.56. The summed E-state index contributed by atoms with van der Waals surface area (Å²) in [6.45, 7) is 2.11. The molecule has 4 heteroatoms. The van der Waals surface area contributed by atoms with Crippen LogP contribution in [-0.2, 0) is 11.2 Å². The van der Waals surface area contributed by atoms with Crippen molar-refractivity contribution in [2.75, 3.05) is 6.61 Å². The molecule has 2 rings (SSSR count). The lowest BCUT2D eigenvalue weighted by Gasteiger charge is -2.24. The van der Waals surface area contributed by atoms with Gasteiger partial charge in [-0.05, 0) is 42.9 Å². The molecule has 0 aromatic heterocycles. The number of carboxylic acid groups (broad SMARTS) is 1. The molecule has 3 N–H and O–H groups in total. The number of carboxylic acids is 1. The molecule has 0 heterocycles. The Kier molecular flexibility index (Phi) is 3.57.